The molecule has 142 valence electrons. The zero-order valence-corrected chi connectivity index (χ0v) is 16.5. The zero-order valence-electron chi connectivity index (χ0n) is 16.5. The lowest BCUT2D eigenvalue weighted by Gasteiger charge is -2.23. The minimum absolute atomic E-state index is 0.157. The molecule has 2 N–H and O–H groups in total. The van der Waals surface area contributed by atoms with Crippen molar-refractivity contribution in [3.8, 4) is 0 Å². The van der Waals surface area contributed by atoms with Crippen molar-refractivity contribution in [3.05, 3.63) is 59.5 Å². The molecule has 0 aliphatic carbocycles. The average molecular weight is 365 g/mol. The number of pyridine rings is 1. The van der Waals surface area contributed by atoms with E-state index in [0.717, 1.165) is 28.3 Å². The first-order chi connectivity index (χ1) is 12.9. The van der Waals surface area contributed by atoms with E-state index < -0.39 is 0 Å². The summed E-state index contributed by atoms with van der Waals surface area (Å²) in [4.78, 5) is 12.8. The molecule has 0 saturated carbocycles. The largest absolute Gasteiger partial charge is 0.328 e. The zero-order chi connectivity index (χ0) is 19.6. The second kappa shape index (κ2) is 7.78. The number of aromatic nitrogens is 3. The lowest BCUT2D eigenvalue weighted by molar-refractivity contribution is 0.243. The highest BCUT2D eigenvalue weighted by Gasteiger charge is 2.24. The van der Waals surface area contributed by atoms with Crippen LogP contribution >= 0.6 is 0 Å². The van der Waals surface area contributed by atoms with Gasteiger partial charge in [0.2, 0.25) is 0 Å². The number of rotatable bonds is 5. The molecule has 0 fully saturated rings. The Morgan fingerprint density at radius 2 is 1.81 bits per heavy atom. The van der Waals surface area contributed by atoms with Crippen molar-refractivity contribution in [2.75, 3.05) is 5.32 Å². The highest BCUT2D eigenvalue weighted by Crippen LogP contribution is 2.28. The van der Waals surface area contributed by atoms with E-state index in [0.29, 0.717) is 5.92 Å². The molecule has 2 aromatic heterocycles. The van der Waals surface area contributed by atoms with Crippen molar-refractivity contribution in [1.29, 1.82) is 0 Å². The summed E-state index contributed by atoms with van der Waals surface area (Å²) < 4.78 is 1.91. The van der Waals surface area contributed by atoms with Crippen molar-refractivity contribution >= 4 is 17.4 Å². The Hall–Kier alpha value is -2.89. The fourth-order valence-corrected chi connectivity index (χ4v) is 3.23. The molecule has 0 bridgehead atoms. The van der Waals surface area contributed by atoms with Gasteiger partial charge >= 0.3 is 6.03 Å². The highest BCUT2D eigenvalue weighted by atomic mass is 16.2. The number of amides is 2. The Balaban J connectivity index is 1.85. The Morgan fingerprint density at radius 3 is 2.52 bits per heavy atom. The van der Waals surface area contributed by atoms with Crippen LogP contribution in [-0.4, -0.2) is 20.6 Å². The van der Waals surface area contributed by atoms with Gasteiger partial charge in [0.1, 0.15) is 0 Å². The number of carbonyl (C=O) groups excluding carboxylic acids is 1. The van der Waals surface area contributed by atoms with Crippen LogP contribution in [0.25, 0.3) is 5.65 Å². The van der Waals surface area contributed by atoms with E-state index in [1.54, 1.807) is 0 Å². The van der Waals surface area contributed by atoms with Crippen molar-refractivity contribution in [2.24, 2.45) is 5.92 Å². The molecule has 3 aromatic rings. The van der Waals surface area contributed by atoms with Crippen LogP contribution in [0.15, 0.2) is 42.6 Å². The lowest BCUT2D eigenvalue weighted by atomic mass is 9.98. The van der Waals surface area contributed by atoms with Gasteiger partial charge in [-0.15, -0.1) is 10.2 Å². The van der Waals surface area contributed by atoms with Crippen LogP contribution in [0.5, 0.6) is 0 Å². The predicted molar refractivity (Wildman–Crippen MR) is 108 cm³/mol. The van der Waals surface area contributed by atoms with Crippen molar-refractivity contribution in [3.63, 3.8) is 0 Å². The van der Waals surface area contributed by atoms with Crippen molar-refractivity contribution < 1.29 is 4.79 Å². The molecule has 2 heterocycles. The topological polar surface area (TPSA) is 71.3 Å². The molecule has 2 amide bonds. The van der Waals surface area contributed by atoms with Gasteiger partial charge in [-0.2, -0.15) is 0 Å². The van der Waals surface area contributed by atoms with Crippen LogP contribution in [0.1, 0.15) is 56.6 Å². The maximum atomic E-state index is 12.8. The monoisotopic (exact) mass is 365 g/mol. The number of para-hydroxylation sites is 1. The maximum Gasteiger partial charge on any atom is 0.319 e. The second-order valence-corrected chi connectivity index (χ2v) is 7.50. The quantitative estimate of drug-likeness (QED) is 0.689. The SMILES string of the molecule is Cc1cccc(C(C)C)c1NC(=O)NC(c1nnc2ccccn12)C(C)C. The number of hydrogen-bond donors (Lipinski definition) is 2. The number of benzene rings is 1. The van der Waals surface area contributed by atoms with Crippen LogP contribution in [-0.2, 0) is 0 Å². The molecule has 0 saturated heterocycles. The molecule has 27 heavy (non-hydrogen) atoms. The summed E-state index contributed by atoms with van der Waals surface area (Å²) >= 11 is 0. The van der Waals surface area contributed by atoms with Gasteiger partial charge in [0, 0.05) is 11.9 Å². The van der Waals surface area contributed by atoms with Gasteiger partial charge < -0.3 is 10.6 Å². The molecule has 0 aliphatic rings. The number of carbonyl (C=O) groups is 1. The molecule has 3 rings (SSSR count). The standard InChI is InChI=1S/C21H27N5O/c1-13(2)16-10-8-9-15(5)19(16)23-21(27)22-18(14(3)4)20-25-24-17-11-6-7-12-26(17)20/h6-14,18H,1-5H3,(H2,22,23,27). The number of anilines is 1. The molecule has 1 atom stereocenters. The first-order valence-electron chi connectivity index (χ1n) is 9.35. The summed E-state index contributed by atoms with van der Waals surface area (Å²) in [7, 11) is 0. The molecule has 1 aromatic carbocycles. The van der Waals surface area contributed by atoms with E-state index in [9.17, 15) is 4.79 Å². The predicted octanol–water partition coefficient (Wildman–Crippen LogP) is 4.68. The number of hydrogen-bond acceptors (Lipinski definition) is 3. The van der Waals surface area contributed by atoms with E-state index in [1.807, 2.05) is 47.9 Å². The van der Waals surface area contributed by atoms with Gasteiger partial charge in [0.15, 0.2) is 11.5 Å². The Morgan fingerprint density at radius 1 is 1.04 bits per heavy atom. The summed E-state index contributed by atoms with van der Waals surface area (Å²) in [5.41, 5.74) is 3.81. The third kappa shape index (κ3) is 3.94. The second-order valence-electron chi connectivity index (χ2n) is 7.50. The highest BCUT2D eigenvalue weighted by molar-refractivity contribution is 5.91. The molecule has 0 spiro atoms. The van der Waals surface area contributed by atoms with E-state index in [4.69, 9.17) is 0 Å². The smallest absolute Gasteiger partial charge is 0.319 e. The normalized spacial score (nSPS) is 12.6. The van der Waals surface area contributed by atoms with Crippen LogP contribution in [0, 0.1) is 12.8 Å². The van der Waals surface area contributed by atoms with Gasteiger partial charge in [0.25, 0.3) is 0 Å². The summed E-state index contributed by atoms with van der Waals surface area (Å²) in [5.74, 6) is 1.20. The first-order valence-corrected chi connectivity index (χ1v) is 9.35. The van der Waals surface area contributed by atoms with Crippen LogP contribution < -0.4 is 10.6 Å². The summed E-state index contributed by atoms with van der Waals surface area (Å²) in [6, 6.07) is 11.3. The molecular weight excluding hydrogens is 338 g/mol. The minimum Gasteiger partial charge on any atom is -0.328 e. The average Bonchev–Trinajstić information content (AvgIpc) is 3.04. The van der Waals surface area contributed by atoms with E-state index in [-0.39, 0.29) is 18.0 Å². The van der Waals surface area contributed by atoms with Crippen molar-refractivity contribution in [2.45, 2.75) is 46.6 Å². The van der Waals surface area contributed by atoms with Gasteiger partial charge in [-0.25, -0.2) is 4.79 Å². The third-order valence-electron chi connectivity index (χ3n) is 4.74. The summed E-state index contributed by atoms with van der Waals surface area (Å²) in [5, 5.41) is 14.6. The Bertz CT molecular complexity index is 945. The minimum atomic E-state index is -0.256. The molecule has 6 heteroatoms. The summed E-state index contributed by atoms with van der Waals surface area (Å²) in [6.07, 6.45) is 1.91. The molecular formula is C21H27N5O. The third-order valence-corrected chi connectivity index (χ3v) is 4.74. The molecule has 0 aliphatic heterocycles. The number of nitrogens with one attached hydrogen (secondary N) is 2. The Kier molecular flexibility index (Phi) is 5.44. The number of urea groups is 1. The molecule has 0 radical (unpaired) electrons. The number of nitrogens with zero attached hydrogens (tertiary/aromatic N) is 3. The maximum absolute atomic E-state index is 12.8. The van der Waals surface area contributed by atoms with E-state index in [1.165, 1.54) is 0 Å². The lowest BCUT2D eigenvalue weighted by Crippen LogP contribution is -2.36. The number of aryl methyl sites for hydroxylation is 1. The van der Waals surface area contributed by atoms with Gasteiger partial charge in [-0.05, 0) is 42.0 Å². The molecule has 6 nitrogen and oxygen atoms in total. The fourth-order valence-electron chi connectivity index (χ4n) is 3.23. The van der Waals surface area contributed by atoms with Gasteiger partial charge in [-0.1, -0.05) is 52.0 Å². The van der Waals surface area contributed by atoms with Crippen LogP contribution in [0.2, 0.25) is 0 Å². The summed E-state index contributed by atoms with van der Waals surface area (Å²) in [6.45, 7) is 10.4. The van der Waals surface area contributed by atoms with Crippen molar-refractivity contribution in [1.82, 2.24) is 19.9 Å². The molecule has 1 unspecified atom stereocenters. The number of fused-ring (bicyclic) bond motifs is 1. The van der Waals surface area contributed by atoms with Gasteiger partial charge in [-0.3, -0.25) is 4.40 Å². The Labute approximate surface area is 160 Å². The van der Waals surface area contributed by atoms with E-state index in [2.05, 4.69) is 54.6 Å². The van der Waals surface area contributed by atoms with Crippen LogP contribution in [0.3, 0.4) is 0 Å². The first kappa shape index (κ1) is 18.9. The van der Waals surface area contributed by atoms with Gasteiger partial charge in [0.05, 0.1) is 6.04 Å². The van der Waals surface area contributed by atoms with Crippen LogP contribution in [0.4, 0.5) is 10.5 Å². The van der Waals surface area contributed by atoms with E-state index >= 15 is 0 Å². The fraction of sp³-hybridized carbons (Fsp3) is 0.381.